The summed E-state index contributed by atoms with van der Waals surface area (Å²) in [7, 11) is 0. The van der Waals surface area contributed by atoms with Crippen LogP contribution in [0.1, 0.15) is 44.1 Å². The predicted molar refractivity (Wildman–Crippen MR) is 73.4 cm³/mol. The number of rotatable bonds is 3. The molecule has 1 aromatic rings. The highest BCUT2D eigenvalue weighted by Gasteiger charge is 2.07. The van der Waals surface area contributed by atoms with Gasteiger partial charge in [0.05, 0.1) is 6.42 Å². The van der Waals surface area contributed by atoms with Crippen molar-refractivity contribution in [2.75, 3.05) is 0 Å². The van der Waals surface area contributed by atoms with E-state index in [-0.39, 0.29) is 18.1 Å². The quantitative estimate of drug-likeness (QED) is 0.659. The van der Waals surface area contributed by atoms with E-state index in [1.54, 1.807) is 12.1 Å². The van der Waals surface area contributed by atoms with Gasteiger partial charge in [-0.15, -0.1) is 0 Å². The Bertz CT molecular complexity index is 444. The molecule has 0 aliphatic heterocycles. The number of halogens is 1. The van der Waals surface area contributed by atoms with Crippen LogP contribution < -0.4 is 5.43 Å². The summed E-state index contributed by atoms with van der Waals surface area (Å²) < 4.78 is 12.7. The highest BCUT2D eigenvalue weighted by molar-refractivity contribution is 5.86. The molecule has 3 nitrogen and oxygen atoms in total. The summed E-state index contributed by atoms with van der Waals surface area (Å²) in [5.74, 6) is -0.439. The van der Waals surface area contributed by atoms with Gasteiger partial charge < -0.3 is 0 Å². The minimum Gasteiger partial charge on any atom is -0.273 e. The summed E-state index contributed by atoms with van der Waals surface area (Å²) in [5.41, 5.74) is 4.48. The summed E-state index contributed by atoms with van der Waals surface area (Å²) >= 11 is 0. The molecule has 1 saturated carbocycles. The third kappa shape index (κ3) is 4.81. The lowest BCUT2D eigenvalue weighted by atomic mass is 10.1. The number of benzene rings is 1. The third-order valence-electron chi connectivity index (χ3n) is 3.30. The van der Waals surface area contributed by atoms with Gasteiger partial charge in [-0.2, -0.15) is 5.10 Å². The summed E-state index contributed by atoms with van der Waals surface area (Å²) in [6.07, 6.45) is 7.02. The first-order chi connectivity index (χ1) is 9.24. The summed E-state index contributed by atoms with van der Waals surface area (Å²) in [6.45, 7) is 0. The lowest BCUT2D eigenvalue weighted by Gasteiger charge is -2.04. The van der Waals surface area contributed by atoms with Crippen molar-refractivity contribution in [2.24, 2.45) is 5.10 Å². The van der Waals surface area contributed by atoms with Crippen LogP contribution in [0.2, 0.25) is 0 Å². The largest absolute Gasteiger partial charge is 0.273 e. The molecule has 1 aromatic carbocycles. The lowest BCUT2D eigenvalue weighted by Crippen LogP contribution is -2.21. The number of carbonyl (C=O) groups is 1. The molecular formula is C15H19FN2O. The summed E-state index contributed by atoms with van der Waals surface area (Å²) in [4.78, 5) is 11.7. The molecule has 0 radical (unpaired) electrons. The fraction of sp³-hybridized carbons (Fsp3) is 0.467. The minimum atomic E-state index is -0.289. The SMILES string of the molecule is O=C(Cc1ccc(F)cc1)NN=C1CCCCCC1. The minimum absolute atomic E-state index is 0.150. The lowest BCUT2D eigenvalue weighted by molar-refractivity contribution is -0.120. The second-order valence-electron chi connectivity index (χ2n) is 4.93. The molecule has 1 amide bonds. The highest BCUT2D eigenvalue weighted by atomic mass is 19.1. The fourth-order valence-electron chi connectivity index (χ4n) is 2.22. The molecule has 0 atom stereocenters. The molecular weight excluding hydrogens is 243 g/mol. The van der Waals surface area contributed by atoms with E-state index in [2.05, 4.69) is 10.5 Å². The van der Waals surface area contributed by atoms with Gasteiger partial charge in [-0.05, 0) is 43.4 Å². The molecule has 1 aliphatic rings. The van der Waals surface area contributed by atoms with E-state index in [1.807, 2.05) is 0 Å². The van der Waals surface area contributed by atoms with Gasteiger partial charge in [0.1, 0.15) is 5.82 Å². The van der Waals surface area contributed by atoms with Crippen LogP contribution in [0.5, 0.6) is 0 Å². The Hall–Kier alpha value is -1.71. The Morgan fingerprint density at radius 3 is 2.37 bits per heavy atom. The van der Waals surface area contributed by atoms with Crippen molar-refractivity contribution in [3.63, 3.8) is 0 Å². The Morgan fingerprint density at radius 1 is 1.11 bits per heavy atom. The Labute approximate surface area is 112 Å². The molecule has 0 saturated heterocycles. The van der Waals surface area contributed by atoms with Gasteiger partial charge in [0.15, 0.2) is 0 Å². The average Bonchev–Trinajstić information content (AvgIpc) is 2.68. The van der Waals surface area contributed by atoms with Crippen molar-refractivity contribution in [2.45, 2.75) is 44.9 Å². The number of hydrogen-bond donors (Lipinski definition) is 1. The molecule has 2 rings (SSSR count). The van der Waals surface area contributed by atoms with E-state index in [4.69, 9.17) is 0 Å². The van der Waals surface area contributed by atoms with E-state index in [0.29, 0.717) is 0 Å². The second-order valence-corrected chi connectivity index (χ2v) is 4.93. The molecule has 102 valence electrons. The van der Waals surface area contributed by atoms with E-state index >= 15 is 0 Å². The highest BCUT2D eigenvalue weighted by Crippen LogP contribution is 2.14. The van der Waals surface area contributed by atoms with Crippen LogP contribution in [0.15, 0.2) is 29.4 Å². The normalized spacial score (nSPS) is 15.7. The third-order valence-corrected chi connectivity index (χ3v) is 3.30. The molecule has 1 N–H and O–H groups in total. The van der Waals surface area contributed by atoms with Crippen LogP contribution in [0.25, 0.3) is 0 Å². The maximum Gasteiger partial charge on any atom is 0.244 e. The Kier molecular flexibility index (Phi) is 5.07. The number of hydrazone groups is 1. The van der Waals surface area contributed by atoms with Gasteiger partial charge in [-0.3, -0.25) is 4.79 Å². The molecule has 0 spiro atoms. The van der Waals surface area contributed by atoms with Crippen molar-refractivity contribution in [1.29, 1.82) is 0 Å². The van der Waals surface area contributed by atoms with Gasteiger partial charge >= 0.3 is 0 Å². The van der Waals surface area contributed by atoms with Crippen molar-refractivity contribution in [3.05, 3.63) is 35.6 Å². The van der Waals surface area contributed by atoms with Gasteiger partial charge in [-0.1, -0.05) is 25.0 Å². The molecule has 4 heteroatoms. The number of nitrogens with one attached hydrogen (secondary N) is 1. The molecule has 0 aromatic heterocycles. The number of hydrogen-bond acceptors (Lipinski definition) is 2. The topological polar surface area (TPSA) is 41.5 Å². The zero-order valence-electron chi connectivity index (χ0n) is 11.0. The number of amides is 1. The van der Waals surface area contributed by atoms with Gasteiger partial charge in [0.2, 0.25) is 5.91 Å². The smallest absolute Gasteiger partial charge is 0.244 e. The van der Waals surface area contributed by atoms with Crippen LogP contribution in [0.4, 0.5) is 4.39 Å². The Morgan fingerprint density at radius 2 is 1.74 bits per heavy atom. The summed E-state index contributed by atoms with van der Waals surface area (Å²) in [5, 5.41) is 4.20. The predicted octanol–water partition coefficient (Wildman–Crippen LogP) is 3.19. The maximum absolute atomic E-state index is 12.7. The first-order valence-corrected chi connectivity index (χ1v) is 6.83. The average molecular weight is 262 g/mol. The summed E-state index contributed by atoms with van der Waals surface area (Å²) in [6, 6.07) is 5.96. The first kappa shape index (κ1) is 13.7. The first-order valence-electron chi connectivity index (χ1n) is 6.83. The van der Waals surface area contributed by atoms with Crippen molar-refractivity contribution in [3.8, 4) is 0 Å². The fourth-order valence-corrected chi connectivity index (χ4v) is 2.22. The molecule has 0 bridgehead atoms. The monoisotopic (exact) mass is 262 g/mol. The van der Waals surface area contributed by atoms with Crippen LogP contribution in [-0.2, 0) is 11.2 Å². The zero-order chi connectivity index (χ0) is 13.5. The van der Waals surface area contributed by atoms with Gasteiger partial charge in [0.25, 0.3) is 0 Å². The molecule has 1 fully saturated rings. The van der Waals surface area contributed by atoms with E-state index in [1.165, 1.54) is 25.0 Å². The van der Waals surface area contributed by atoms with E-state index in [0.717, 1.165) is 37.0 Å². The number of carbonyl (C=O) groups excluding carboxylic acids is 1. The van der Waals surface area contributed by atoms with Crippen molar-refractivity contribution >= 4 is 11.6 Å². The standard InChI is InChI=1S/C15H19FN2O/c16-13-9-7-12(8-10-13)11-15(19)18-17-14-5-3-1-2-4-6-14/h7-10H,1-6,11H2,(H,18,19). The zero-order valence-corrected chi connectivity index (χ0v) is 11.0. The van der Waals surface area contributed by atoms with Crippen LogP contribution >= 0.6 is 0 Å². The van der Waals surface area contributed by atoms with Crippen LogP contribution in [-0.4, -0.2) is 11.6 Å². The van der Waals surface area contributed by atoms with Crippen molar-refractivity contribution in [1.82, 2.24) is 5.43 Å². The van der Waals surface area contributed by atoms with Crippen LogP contribution in [0.3, 0.4) is 0 Å². The Balaban J connectivity index is 1.83. The number of nitrogens with zero attached hydrogens (tertiary/aromatic N) is 1. The van der Waals surface area contributed by atoms with Crippen molar-refractivity contribution < 1.29 is 9.18 Å². The van der Waals surface area contributed by atoms with E-state index in [9.17, 15) is 9.18 Å². The van der Waals surface area contributed by atoms with Gasteiger partial charge in [0, 0.05) is 5.71 Å². The van der Waals surface area contributed by atoms with Gasteiger partial charge in [-0.25, -0.2) is 9.82 Å². The van der Waals surface area contributed by atoms with E-state index < -0.39 is 0 Å². The molecule has 1 aliphatic carbocycles. The maximum atomic E-state index is 12.7. The molecule has 0 heterocycles. The molecule has 0 unspecified atom stereocenters. The molecule has 19 heavy (non-hydrogen) atoms. The second kappa shape index (κ2) is 7.02. The van der Waals surface area contributed by atoms with Crippen LogP contribution in [0, 0.1) is 5.82 Å².